The van der Waals surface area contributed by atoms with Crippen LogP contribution in [0.15, 0.2) is 36.4 Å². The minimum absolute atomic E-state index is 0.128. The van der Waals surface area contributed by atoms with Gasteiger partial charge in [0, 0.05) is 0 Å². The lowest BCUT2D eigenvalue weighted by Gasteiger charge is -2.17. The van der Waals surface area contributed by atoms with E-state index in [1.807, 2.05) is 26.0 Å². The molecule has 0 spiro atoms. The molecule has 2 aromatic rings. The average Bonchev–Trinajstić information content (AvgIpc) is 2.83. The van der Waals surface area contributed by atoms with Gasteiger partial charge >= 0.3 is 15.2 Å². The van der Waals surface area contributed by atoms with Crippen molar-refractivity contribution in [2.24, 2.45) is 0 Å². The number of aryl methyl sites for hydroxylation is 2. The van der Waals surface area contributed by atoms with Crippen molar-refractivity contribution in [3.63, 3.8) is 0 Å². The summed E-state index contributed by atoms with van der Waals surface area (Å²) in [5.41, 5.74) is 1.86. The van der Waals surface area contributed by atoms with Gasteiger partial charge in [-0.05, 0) is 81.3 Å². The lowest BCUT2D eigenvalue weighted by Crippen LogP contribution is -2.14. The summed E-state index contributed by atoms with van der Waals surface area (Å²) in [5, 5.41) is 0.376. The van der Waals surface area contributed by atoms with Crippen LogP contribution in [-0.4, -0.2) is 36.2 Å². The Labute approximate surface area is 208 Å². The topological polar surface area (TPSA) is 112 Å². The van der Waals surface area contributed by atoms with E-state index in [-0.39, 0.29) is 23.8 Å². The van der Waals surface area contributed by atoms with E-state index in [2.05, 4.69) is 0 Å². The highest BCUT2D eigenvalue weighted by atomic mass is 31.2. The van der Waals surface area contributed by atoms with Gasteiger partial charge in [0.15, 0.2) is 0 Å². The zero-order valence-corrected chi connectivity index (χ0v) is 22.9. The summed E-state index contributed by atoms with van der Waals surface area (Å²) in [5.74, 6) is 0.709. The van der Waals surface area contributed by atoms with Crippen LogP contribution in [0.1, 0.15) is 58.1 Å². The van der Waals surface area contributed by atoms with Crippen LogP contribution < -0.4 is 20.1 Å². The molecule has 0 saturated carbocycles. The maximum Gasteiger partial charge on any atom is 0.362 e. The summed E-state index contributed by atoms with van der Waals surface area (Å²) in [6, 6.07) is 10.5. The van der Waals surface area contributed by atoms with E-state index < -0.39 is 15.2 Å². The number of unbranched alkanes of at least 4 members (excludes halogenated alkanes) is 2. The van der Waals surface area contributed by atoms with Crippen LogP contribution in [0.4, 0.5) is 0 Å². The highest BCUT2D eigenvalue weighted by Crippen LogP contribution is 2.44. The lowest BCUT2D eigenvalue weighted by atomic mass is 10.2. The van der Waals surface area contributed by atoms with Crippen LogP contribution in [0.5, 0.6) is 11.5 Å². The second kappa shape index (κ2) is 14.2. The van der Waals surface area contributed by atoms with Crippen molar-refractivity contribution in [1.29, 1.82) is 0 Å². The third kappa shape index (κ3) is 8.75. The van der Waals surface area contributed by atoms with E-state index in [9.17, 15) is 18.9 Å². The molecule has 0 aliphatic heterocycles. The lowest BCUT2D eigenvalue weighted by molar-refractivity contribution is 0.272. The molecule has 0 fully saturated rings. The van der Waals surface area contributed by atoms with Gasteiger partial charge in [-0.2, -0.15) is 0 Å². The standard InChI is InChI=1S/C25H38O8P2/c1-5-20-12-14-22(24(18-20)34(26,27)32-7-3)30-16-10-9-11-17-31-23-15-13-21(6-2)19-25(23)35(28,29)33-8-4/h12-15,18-19H,5-11,16-17H2,1-4H3,(H,26,27)(H,28,29). The summed E-state index contributed by atoms with van der Waals surface area (Å²) >= 11 is 0. The monoisotopic (exact) mass is 528 g/mol. The summed E-state index contributed by atoms with van der Waals surface area (Å²) in [4.78, 5) is 20.6. The summed E-state index contributed by atoms with van der Waals surface area (Å²) in [7, 11) is -7.90. The molecule has 2 aromatic carbocycles. The molecular formula is C25H38O8P2. The van der Waals surface area contributed by atoms with Crippen molar-refractivity contribution in [2.45, 2.75) is 59.8 Å². The van der Waals surface area contributed by atoms with E-state index in [1.165, 1.54) is 0 Å². The minimum atomic E-state index is -3.95. The summed E-state index contributed by atoms with van der Waals surface area (Å²) in [6.45, 7) is 8.29. The Morgan fingerprint density at radius 2 is 1.06 bits per heavy atom. The van der Waals surface area contributed by atoms with Gasteiger partial charge in [-0.3, -0.25) is 9.13 Å². The molecule has 2 rings (SSSR count). The maximum absolute atomic E-state index is 12.6. The fourth-order valence-electron chi connectivity index (χ4n) is 3.49. The Bertz CT molecular complexity index is 959. The molecule has 0 heterocycles. The largest absolute Gasteiger partial charge is 0.493 e. The molecule has 2 N–H and O–H groups in total. The zero-order valence-electron chi connectivity index (χ0n) is 21.1. The normalized spacial score (nSPS) is 14.8. The molecule has 35 heavy (non-hydrogen) atoms. The number of hydrogen-bond donors (Lipinski definition) is 2. The zero-order chi connectivity index (χ0) is 25.9. The van der Waals surface area contributed by atoms with Crippen LogP contribution in [0.3, 0.4) is 0 Å². The van der Waals surface area contributed by atoms with Crippen molar-refractivity contribution in [3.05, 3.63) is 47.5 Å². The Balaban J connectivity index is 1.90. The molecule has 0 amide bonds. The van der Waals surface area contributed by atoms with E-state index in [0.29, 0.717) is 37.6 Å². The van der Waals surface area contributed by atoms with E-state index >= 15 is 0 Å². The van der Waals surface area contributed by atoms with E-state index in [4.69, 9.17) is 18.5 Å². The molecule has 10 heteroatoms. The van der Waals surface area contributed by atoms with Crippen molar-refractivity contribution >= 4 is 25.8 Å². The van der Waals surface area contributed by atoms with Gasteiger partial charge in [-0.25, -0.2) is 0 Å². The first kappa shape index (κ1) is 29.6. The smallest absolute Gasteiger partial charge is 0.362 e. The first-order chi connectivity index (χ1) is 16.7. The Hall–Kier alpha value is -1.66. The van der Waals surface area contributed by atoms with E-state index in [1.54, 1.807) is 38.1 Å². The first-order valence-electron chi connectivity index (χ1n) is 12.2. The van der Waals surface area contributed by atoms with Crippen LogP contribution in [0.2, 0.25) is 0 Å². The van der Waals surface area contributed by atoms with Gasteiger partial charge in [-0.15, -0.1) is 0 Å². The Morgan fingerprint density at radius 3 is 1.40 bits per heavy atom. The van der Waals surface area contributed by atoms with Gasteiger partial charge in [-0.1, -0.05) is 26.0 Å². The summed E-state index contributed by atoms with van der Waals surface area (Å²) < 4.78 is 47.0. The van der Waals surface area contributed by atoms with Crippen molar-refractivity contribution in [2.75, 3.05) is 26.4 Å². The van der Waals surface area contributed by atoms with Gasteiger partial charge in [0.1, 0.15) is 22.1 Å². The quantitative estimate of drug-likeness (QED) is 0.228. The highest BCUT2D eigenvalue weighted by Gasteiger charge is 2.28. The Morgan fingerprint density at radius 1 is 0.657 bits per heavy atom. The van der Waals surface area contributed by atoms with Gasteiger partial charge < -0.3 is 28.3 Å². The molecule has 0 saturated heterocycles. The predicted octanol–water partition coefficient (Wildman–Crippen LogP) is 5.13. The van der Waals surface area contributed by atoms with E-state index in [0.717, 1.165) is 30.4 Å². The fourth-order valence-corrected chi connectivity index (χ4v) is 5.96. The van der Waals surface area contributed by atoms with Crippen LogP contribution in [0, 0.1) is 0 Å². The molecule has 8 nitrogen and oxygen atoms in total. The summed E-state index contributed by atoms with van der Waals surface area (Å²) in [6.07, 6.45) is 3.68. The molecular weight excluding hydrogens is 490 g/mol. The molecule has 0 aliphatic rings. The predicted molar refractivity (Wildman–Crippen MR) is 139 cm³/mol. The average molecular weight is 529 g/mol. The maximum atomic E-state index is 12.6. The van der Waals surface area contributed by atoms with Gasteiger partial charge in [0.05, 0.1) is 26.4 Å². The highest BCUT2D eigenvalue weighted by molar-refractivity contribution is 7.61. The number of ether oxygens (including phenoxy) is 2. The third-order valence-corrected chi connectivity index (χ3v) is 8.52. The van der Waals surface area contributed by atoms with Crippen LogP contribution in [0.25, 0.3) is 0 Å². The SMILES string of the molecule is CCOP(=O)(O)c1cc(CC)ccc1OCCCCCOc1ccc(CC)cc1P(=O)(O)OCC. The second-order valence-electron chi connectivity index (χ2n) is 7.95. The van der Waals surface area contributed by atoms with Gasteiger partial charge in [0.2, 0.25) is 0 Å². The number of rotatable bonds is 16. The number of hydrogen-bond acceptors (Lipinski definition) is 6. The van der Waals surface area contributed by atoms with Crippen molar-refractivity contribution < 1.29 is 37.4 Å². The Kier molecular flexibility index (Phi) is 12.0. The molecule has 0 aliphatic carbocycles. The minimum Gasteiger partial charge on any atom is -0.493 e. The van der Waals surface area contributed by atoms with Gasteiger partial charge in [0.25, 0.3) is 0 Å². The van der Waals surface area contributed by atoms with Crippen LogP contribution in [-0.2, 0) is 31.0 Å². The first-order valence-corrected chi connectivity index (χ1v) is 15.3. The third-order valence-electron chi connectivity index (χ3n) is 5.38. The second-order valence-corrected chi connectivity index (χ2v) is 11.5. The molecule has 2 atom stereocenters. The molecule has 2 unspecified atom stereocenters. The number of benzene rings is 2. The van der Waals surface area contributed by atoms with Crippen molar-refractivity contribution in [1.82, 2.24) is 0 Å². The fraction of sp³-hybridized carbons (Fsp3) is 0.520. The molecule has 196 valence electrons. The van der Waals surface area contributed by atoms with Crippen LogP contribution >= 0.6 is 15.2 Å². The molecule has 0 aromatic heterocycles. The molecule has 0 radical (unpaired) electrons. The van der Waals surface area contributed by atoms with Crippen molar-refractivity contribution in [3.8, 4) is 11.5 Å². The molecule has 0 bridgehead atoms.